The average Bonchev–Trinajstić information content (AvgIpc) is 3.12. The molecule has 1 aromatic heterocycles. The number of hydrogen-bond donors (Lipinski definition) is 1. The SMILES string of the molecule is CC[C@H](C)N(Cc1c(C)nn(-c2ccccc2)c1Oc1ccccc1)C[C@@H](O)COC(C)C. The fourth-order valence-corrected chi connectivity index (χ4v) is 3.66. The van der Waals surface area contributed by atoms with Gasteiger partial charge in [-0.1, -0.05) is 43.3 Å². The minimum Gasteiger partial charge on any atom is -0.439 e. The number of aryl methyl sites for hydroxylation is 1. The van der Waals surface area contributed by atoms with Crippen molar-refractivity contribution in [2.45, 2.75) is 65.8 Å². The Morgan fingerprint density at radius 1 is 1.00 bits per heavy atom. The van der Waals surface area contributed by atoms with Crippen molar-refractivity contribution < 1.29 is 14.6 Å². The zero-order valence-corrected chi connectivity index (χ0v) is 20.4. The monoisotopic (exact) mass is 451 g/mol. The standard InChI is InChI=1S/C27H37N3O3/c1-6-21(4)29(17-24(31)19-32-20(2)3)18-26-22(5)28-30(23-13-9-7-10-14-23)27(26)33-25-15-11-8-12-16-25/h7-16,20-21,24,31H,6,17-19H2,1-5H3/t21-,24+/m0/s1. The van der Waals surface area contributed by atoms with E-state index in [4.69, 9.17) is 14.6 Å². The van der Waals surface area contributed by atoms with Crippen molar-refractivity contribution in [3.8, 4) is 17.3 Å². The van der Waals surface area contributed by atoms with E-state index < -0.39 is 6.10 Å². The van der Waals surface area contributed by atoms with Gasteiger partial charge in [0.1, 0.15) is 5.75 Å². The van der Waals surface area contributed by atoms with Crippen molar-refractivity contribution >= 4 is 0 Å². The number of aliphatic hydroxyl groups excluding tert-OH is 1. The molecule has 3 aromatic rings. The minimum absolute atomic E-state index is 0.0916. The van der Waals surface area contributed by atoms with Crippen LogP contribution in [0.25, 0.3) is 5.69 Å². The molecule has 6 heteroatoms. The smallest absolute Gasteiger partial charge is 0.227 e. The third-order valence-corrected chi connectivity index (χ3v) is 5.74. The van der Waals surface area contributed by atoms with Gasteiger partial charge in [-0.2, -0.15) is 5.10 Å². The van der Waals surface area contributed by atoms with Gasteiger partial charge in [0.25, 0.3) is 0 Å². The van der Waals surface area contributed by atoms with Gasteiger partial charge in [-0.3, -0.25) is 4.90 Å². The van der Waals surface area contributed by atoms with Crippen molar-refractivity contribution in [1.29, 1.82) is 0 Å². The largest absolute Gasteiger partial charge is 0.439 e. The van der Waals surface area contributed by atoms with E-state index in [9.17, 15) is 5.11 Å². The molecule has 0 fully saturated rings. The van der Waals surface area contributed by atoms with Gasteiger partial charge < -0.3 is 14.6 Å². The topological polar surface area (TPSA) is 59.8 Å². The highest BCUT2D eigenvalue weighted by Gasteiger charge is 2.24. The summed E-state index contributed by atoms with van der Waals surface area (Å²) in [5.41, 5.74) is 2.87. The quantitative estimate of drug-likeness (QED) is 0.402. The second-order valence-corrected chi connectivity index (χ2v) is 8.75. The van der Waals surface area contributed by atoms with Crippen molar-refractivity contribution in [3.05, 3.63) is 71.9 Å². The van der Waals surface area contributed by atoms with Crippen LogP contribution in [0.2, 0.25) is 0 Å². The normalized spacial score (nSPS) is 13.5. The summed E-state index contributed by atoms with van der Waals surface area (Å²) >= 11 is 0. The highest BCUT2D eigenvalue weighted by molar-refractivity contribution is 5.43. The molecule has 2 atom stereocenters. The summed E-state index contributed by atoms with van der Waals surface area (Å²) in [4.78, 5) is 2.28. The summed E-state index contributed by atoms with van der Waals surface area (Å²) in [7, 11) is 0. The molecule has 6 nitrogen and oxygen atoms in total. The second kappa shape index (κ2) is 12.0. The lowest BCUT2D eigenvalue weighted by atomic mass is 10.1. The van der Waals surface area contributed by atoms with Crippen LogP contribution in [0, 0.1) is 6.92 Å². The van der Waals surface area contributed by atoms with Crippen LogP contribution >= 0.6 is 0 Å². The number of benzene rings is 2. The van der Waals surface area contributed by atoms with Crippen molar-refractivity contribution in [3.63, 3.8) is 0 Å². The van der Waals surface area contributed by atoms with Crippen LogP contribution in [0.3, 0.4) is 0 Å². The van der Waals surface area contributed by atoms with E-state index >= 15 is 0 Å². The summed E-state index contributed by atoms with van der Waals surface area (Å²) in [6.45, 7) is 11.8. The van der Waals surface area contributed by atoms with Crippen LogP contribution in [0.1, 0.15) is 45.4 Å². The number of aliphatic hydroxyl groups is 1. The molecule has 0 spiro atoms. The van der Waals surface area contributed by atoms with Crippen LogP contribution in [-0.2, 0) is 11.3 Å². The van der Waals surface area contributed by atoms with Crippen LogP contribution < -0.4 is 4.74 Å². The van der Waals surface area contributed by atoms with Gasteiger partial charge in [0.15, 0.2) is 0 Å². The van der Waals surface area contributed by atoms with Gasteiger partial charge >= 0.3 is 0 Å². The Hall–Kier alpha value is -2.67. The van der Waals surface area contributed by atoms with Gasteiger partial charge in [0.2, 0.25) is 5.88 Å². The van der Waals surface area contributed by atoms with Gasteiger partial charge in [-0.15, -0.1) is 0 Å². The van der Waals surface area contributed by atoms with E-state index in [2.05, 4.69) is 18.7 Å². The molecule has 0 bridgehead atoms. The Morgan fingerprint density at radius 3 is 2.24 bits per heavy atom. The van der Waals surface area contributed by atoms with E-state index in [0.29, 0.717) is 25.6 Å². The van der Waals surface area contributed by atoms with E-state index in [1.54, 1.807) is 0 Å². The molecule has 2 aromatic carbocycles. The summed E-state index contributed by atoms with van der Waals surface area (Å²) in [6, 6.07) is 20.1. The molecule has 0 aliphatic heterocycles. The molecule has 0 radical (unpaired) electrons. The lowest BCUT2D eigenvalue weighted by Crippen LogP contribution is -2.40. The first-order valence-corrected chi connectivity index (χ1v) is 11.8. The molecule has 0 aliphatic rings. The van der Waals surface area contributed by atoms with Crippen molar-refractivity contribution in [2.75, 3.05) is 13.2 Å². The molecular weight excluding hydrogens is 414 g/mol. The molecule has 0 unspecified atom stereocenters. The predicted molar refractivity (Wildman–Crippen MR) is 132 cm³/mol. The van der Waals surface area contributed by atoms with Crippen LogP contribution in [-0.4, -0.2) is 51.2 Å². The molecule has 1 heterocycles. The molecule has 0 amide bonds. The Balaban J connectivity index is 1.94. The van der Waals surface area contributed by atoms with Crippen molar-refractivity contribution in [1.82, 2.24) is 14.7 Å². The third-order valence-electron chi connectivity index (χ3n) is 5.74. The molecule has 33 heavy (non-hydrogen) atoms. The van der Waals surface area contributed by atoms with Gasteiger partial charge in [0, 0.05) is 19.1 Å². The van der Waals surface area contributed by atoms with E-state index in [0.717, 1.165) is 29.1 Å². The third kappa shape index (κ3) is 6.90. The van der Waals surface area contributed by atoms with Gasteiger partial charge in [0.05, 0.1) is 35.8 Å². The van der Waals surface area contributed by atoms with E-state index in [1.165, 1.54) is 0 Å². The summed E-state index contributed by atoms with van der Waals surface area (Å²) < 4.78 is 13.9. The first-order valence-electron chi connectivity index (χ1n) is 11.8. The van der Waals surface area contributed by atoms with Crippen LogP contribution in [0.5, 0.6) is 11.6 Å². The molecule has 178 valence electrons. The zero-order valence-electron chi connectivity index (χ0n) is 20.4. The Morgan fingerprint density at radius 2 is 1.64 bits per heavy atom. The summed E-state index contributed by atoms with van der Waals surface area (Å²) in [5, 5.41) is 15.5. The Labute approximate surface area is 197 Å². The van der Waals surface area contributed by atoms with Gasteiger partial charge in [-0.25, -0.2) is 4.68 Å². The summed E-state index contributed by atoms with van der Waals surface area (Å²) in [5.74, 6) is 1.46. The predicted octanol–water partition coefficient (Wildman–Crippen LogP) is 5.36. The Bertz CT molecular complexity index is 973. The molecule has 0 aliphatic carbocycles. The maximum Gasteiger partial charge on any atom is 0.227 e. The van der Waals surface area contributed by atoms with Gasteiger partial charge in [-0.05, 0) is 58.4 Å². The fraction of sp³-hybridized carbons (Fsp3) is 0.444. The molecule has 1 N–H and O–H groups in total. The number of rotatable bonds is 12. The highest BCUT2D eigenvalue weighted by atomic mass is 16.5. The number of nitrogens with zero attached hydrogens (tertiary/aromatic N) is 3. The highest BCUT2D eigenvalue weighted by Crippen LogP contribution is 2.32. The molecule has 3 rings (SSSR count). The average molecular weight is 452 g/mol. The zero-order chi connectivity index (χ0) is 23.8. The molecule has 0 saturated carbocycles. The minimum atomic E-state index is -0.565. The molecular formula is C27H37N3O3. The number of aromatic nitrogens is 2. The maximum absolute atomic E-state index is 10.6. The summed E-state index contributed by atoms with van der Waals surface area (Å²) in [6.07, 6.45) is 0.497. The van der Waals surface area contributed by atoms with Crippen LogP contribution in [0.4, 0.5) is 0 Å². The van der Waals surface area contributed by atoms with E-state index in [-0.39, 0.29) is 12.1 Å². The number of para-hydroxylation sites is 2. The fourth-order valence-electron chi connectivity index (χ4n) is 3.66. The first-order chi connectivity index (χ1) is 15.9. The lowest BCUT2D eigenvalue weighted by Gasteiger charge is -2.30. The Kier molecular flexibility index (Phi) is 9.06. The number of hydrogen-bond acceptors (Lipinski definition) is 5. The first kappa shape index (κ1) is 25.0. The van der Waals surface area contributed by atoms with Crippen LogP contribution in [0.15, 0.2) is 60.7 Å². The second-order valence-electron chi connectivity index (χ2n) is 8.75. The maximum atomic E-state index is 10.6. The van der Waals surface area contributed by atoms with E-state index in [1.807, 2.05) is 86.1 Å². The van der Waals surface area contributed by atoms with Crippen molar-refractivity contribution in [2.24, 2.45) is 0 Å². The molecule has 0 saturated heterocycles. The lowest BCUT2D eigenvalue weighted by molar-refractivity contribution is -0.0150. The number of ether oxygens (including phenoxy) is 2.